The highest BCUT2D eigenvalue weighted by Crippen LogP contribution is 2.32. The number of carboxylic acids is 1. The highest BCUT2D eigenvalue weighted by atomic mass is 32.1. The van der Waals surface area contributed by atoms with E-state index in [9.17, 15) is 18.0 Å². The summed E-state index contributed by atoms with van der Waals surface area (Å²) in [5.41, 5.74) is -0.413. The van der Waals surface area contributed by atoms with Crippen molar-refractivity contribution >= 4 is 17.3 Å². The van der Waals surface area contributed by atoms with Crippen LogP contribution in [0.5, 0.6) is 0 Å². The Balaban J connectivity index is 2.56. The molecule has 1 N–H and O–H groups in total. The van der Waals surface area contributed by atoms with Gasteiger partial charge in [0.25, 0.3) is 0 Å². The predicted molar refractivity (Wildman–Crippen MR) is 56.6 cm³/mol. The van der Waals surface area contributed by atoms with Crippen LogP contribution in [0.2, 0.25) is 0 Å². The Morgan fingerprint density at radius 1 is 1.12 bits per heavy atom. The fraction of sp³-hybridized carbons (Fsp3) is 0. The normalized spacial score (nSPS) is 10.5. The summed E-state index contributed by atoms with van der Waals surface area (Å²) in [6.07, 6.45) is 0. The lowest BCUT2D eigenvalue weighted by Crippen LogP contribution is -1.91. The molecule has 88 valence electrons. The molecule has 0 saturated heterocycles. The number of benzene rings is 1. The molecule has 1 aromatic heterocycles. The predicted octanol–water partition coefficient (Wildman–Crippen LogP) is 3.53. The van der Waals surface area contributed by atoms with Crippen LogP contribution in [0.3, 0.4) is 0 Å². The van der Waals surface area contributed by atoms with Crippen molar-refractivity contribution in [2.24, 2.45) is 0 Å². The van der Waals surface area contributed by atoms with Gasteiger partial charge in [0.1, 0.15) is 22.3 Å². The van der Waals surface area contributed by atoms with E-state index in [0.717, 1.165) is 11.3 Å². The first kappa shape index (κ1) is 11.7. The summed E-state index contributed by atoms with van der Waals surface area (Å²) in [7, 11) is 0. The summed E-state index contributed by atoms with van der Waals surface area (Å²) in [5, 5.41) is 8.69. The standard InChI is InChI=1S/C11H5F3O2S/c12-5-3-6(13)10(7(14)4-5)8-1-2-9(17-8)11(15)16/h1-4H,(H,15,16). The zero-order chi connectivity index (χ0) is 12.6. The van der Waals surface area contributed by atoms with E-state index in [1.54, 1.807) is 0 Å². The molecule has 0 saturated carbocycles. The molecule has 2 rings (SSSR count). The first-order valence-corrected chi connectivity index (χ1v) is 5.28. The highest BCUT2D eigenvalue weighted by molar-refractivity contribution is 7.17. The van der Waals surface area contributed by atoms with Crippen molar-refractivity contribution in [1.29, 1.82) is 0 Å². The average Bonchev–Trinajstić information content (AvgIpc) is 2.65. The molecule has 0 bridgehead atoms. The van der Waals surface area contributed by atoms with E-state index in [4.69, 9.17) is 5.11 Å². The first-order chi connectivity index (χ1) is 7.99. The van der Waals surface area contributed by atoms with Gasteiger partial charge in [0, 0.05) is 17.0 Å². The van der Waals surface area contributed by atoms with Crippen molar-refractivity contribution in [3.8, 4) is 10.4 Å². The second-order valence-corrected chi connectivity index (χ2v) is 4.30. The van der Waals surface area contributed by atoms with Gasteiger partial charge in [-0.1, -0.05) is 0 Å². The molecular formula is C11H5F3O2S. The van der Waals surface area contributed by atoms with E-state index in [2.05, 4.69) is 0 Å². The van der Waals surface area contributed by atoms with Gasteiger partial charge in [0.2, 0.25) is 0 Å². The van der Waals surface area contributed by atoms with Gasteiger partial charge in [-0.3, -0.25) is 0 Å². The molecule has 0 aliphatic heterocycles. The number of hydrogen-bond acceptors (Lipinski definition) is 2. The van der Waals surface area contributed by atoms with Crippen LogP contribution in [-0.2, 0) is 0 Å². The molecule has 6 heteroatoms. The van der Waals surface area contributed by atoms with Crippen molar-refractivity contribution in [1.82, 2.24) is 0 Å². The van der Waals surface area contributed by atoms with E-state index >= 15 is 0 Å². The van der Waals surface area contributed by atoms with Crippen molar-refractivity contribution in [2.75, 3.05) is 0 Å². The number of halogens is 3. The van der Waals surface area contributed by atoms with Gasteiger partial charge in [0.05, 0.1) is 5.56 Å². The zero-order valence-corrected chi connectivity index (χ0v) is 9.02. The minimum Gasteiger partial charge on any atom is -0.477 e. The van der Waals surface area contributed by atoms with Crippen molar-refractivity contribution in [3.63, 3.8) is 0 Å². The van der Waals surface area contributed by atoms with Crippen LogP contribution in [0.1, 0.15) is 9.67 Å². The Labute approximate surface area is 97.9 Å². The highest BCUT2D eigenvalue weighted by Gasteiger charge is 2.17. The molecular weight excluding hydrogens is 253 g/mol. The Morgan fingerprint density at radius 2 is 1.71 bits per heavy atom. The van der Waals surface area contributed by atoms with Crippen molar-refractivity contribution in [3.05, 3.63) is 46.6 Å². The van der Waals surface area contributed by atoms with Gasteiger partial charge in [0.15, 0.2) is 0 Å². The van der Waals surface area contributed by atoms with E-state index < -0.39 is 29.0 Å². The molecule has 0 spiro atoms. The largest absolute Gasteiger partial charge is 0.477 e. The molecule has 1 heterocycles. The molecule has 0 atom stereocenters. The lowest BCUT2D eigenvalue weighted by Gasteiger charge is -2.02. The summed E-state index contributed by atoms with van der Waals surface area (Å²) in [5.74, 6) is -4.30. The molecule has 0 aliphatic rings. The minimum atomic E-state index is -1.18. The van der Waals surface area contributed by atoms with E-state index in [-0.39, 0.29) is 9.75 Å². The zero-order valence-electron chi connectivity index (χ0n) is 8.21. The van der Waals surface area contributed by atoms with Gasteiger partial charge in [-0.05, 0) is 12.1 Å². The number of thiophene rings is 1. The smallest absolute Gasteiger partial charge is 0.345 e. The molecule has 17 heavy (non-hydrogen) atoms. The van der Waals surface area contributed by atoms with Crippen LogP contribution in [0.4, 0.5) is 13.2 Å². The second kappa shape index (κ2) is 4.21. The third-order valence-corrected chi connectivity index (χ3v) is 3.16. The topological polar surface area (TPSA) is 37.3 Å². The van der Waals surface area contributed by atoms with E-state index in [1.165, 1.54) is 12.1 Å². The Hall–Kier alpha value is -1.82. The molecule has 0 fully saturated rings. The molecule has 0 unspecified atom stereocenters. The van der Waals surface area contributed by atoms with Gasteiger partial charge in [-0.15, -0.1) is 11.3 Å². The number of carbonyl (C=O) groups is 1. The Morgan fingerprint density at radius 3 is 2.18 bits per heavy atom. The lowest BCUT2D eigenvalue weighted by atomic mass is 10.1. The molecule has 2 nitrogen and oxygen atoms in total. The van der Waals surface area contributed by atoms with Crippen LogP contribution >= 0.6 is 11.3 Å². The summed E-state index contributed by atoms with van der Waals surface area (Å²) in [6.45, 7) is 0. The van der Waals surface area contributed by atoms with Crippen LogP contribution in [0.15, 0.2) is 24.3 Å². The fourth-order valence-corrected chi connectivity index (χ4v) is 2.26. The molecule has 2 aromatic rings. The van der Waals surface area contributed by atoms with Crippen LogP contribution < -0.4 is 0 Å². The maximum atomic E-state index is 13.4. The Kier molecular flexibility index (Phi) is 2.89. The summed E-state index contributed by atoms with van der Waals surface area (Å²) < 4.78 is 39.5. The quantitative estimate of drug-likeness (QED) is 0.894. The summed E-state index contributed by atoms with van der Waals surface area (Å²) >= 11 is 0.726. The second-order valence-electron chi connectivity index (χ2n) is 3.21. The van der Waals surface area contributed by atoms with Gasteiger partial charge < -0.3 is 5.11 Å². The van der Waals surface area contributed by atoms with Crippen LogP contribution in [-0.4, -0.2) is 11.1 Å². The minimum absolute atomic E-state index is 0.0388. The third-order valence-electron chi connectivity index (χ3n) is 2.07. The number of aromatic carboxylic acids is 1. The van der Waals surface area contributed by atoms with Crippen molar-refractivity contribution in [2.45, 2.75) is 0 Å². The van der Waals surface area contributed by atoms with Crippen LogP contribution in [0.25, 0.3) is 10.4 Å². The van der Waals surface area contributed by atoms with Gasteiger partial charge in [-0.25, -0.2) is 18.0 Å². The van der Waals surface area contributed by atoms with Gasteiger partial charge >= 0.3 is 5.97 Å². The van der Waals surface area contributed by atoms with E-state index in [1.807, 2.05) is 0 Å². The molecule has 0 radical (unpaired) electrons. The van der Waals surface area contributed by atoms with Gasteiger partial charge in [-0.2, -0.15) is 0 Å². The first-order valence-electron chi connectivity index (χ1n) is 4.47. The fourth-order valence-electron chi connectivity index (χ4n) is 1.36. The molecule has 0 aliphatic carbocycles. The van der Waals surface area contributed by atoms with Crippen molar-refractivity contribution < 1.29 is 23.1 Å². The average molecular weight is 258 g/mol. The molecule has 1 aromatic carbocycles. The van der Waals surface area contributed by atoms with Crippen LogP contribution in [0, 0.1) is 17.5 Å². The Bertz CT molecular complexity index is 569. The molecule has 0 amide bonds. The third kappa shape index (κ3) is 2.16. The lowest BCUT2D eigenvalue weighted by molar-refractivity contribution is 0.0702. The summed E-state index contributed by atoms with van der Waals surface area (Å²) in [6, 6.07) is 3.63. The summed E-state index contributed by atoms with van der Waals surface area (Å²) in [4.78, 5) is 10.7. The maximum Gasteiger partial charge on any atom is 0.345 e. The number of hydrogen-bond donors (Lipinski definition) is 1. The van der Waals surface area contributed by atoms with E-state index in [0.29, 0.717) is 12.1 Å². The monoisotopic (exact) mass is 258 g/mol. The number of carboxylic acid groups (broad SMARTS) is 1. The number of rotatable bonds is 2. The SMILES string of the molecule is O=C(O)c1ccc(-c2c(F)cc(F)cc2F)s1. The maximum absolute atomic E-state index is 13.4.